The standard InChI is InChI=1S/C14H14N2O4/c1-3-19-13(17)11-9-7-5-6-8-10(9)15-12(16-11)14(18)20-4-2/h5-8H,3-4H2,1-2H3. The summed E-state index contributed by atoms with van der Waals surface area (Å²) in [6, 6.07) is 6.93. The van der Waals surface area contributed by atoms with Crippen molar-refractivity contribution in [2.75, 3.05) is 13.2 Å². The van der Waals surface area contributed by atoms with Gasteiger partial charge in [0.05, 0.1) is 18.7 Å². The molecule has 0 aliphatic heterocycles. The number of aromatic nitrogens is 2. The van der Waals surface area contributed by atoms with Crippen LogP contribution in [-0.4, -0.2) is 35.1 Å². The summed E-state index contributed by atoms with van der Waals surface area (Å²) in [5.74, 6) is -1.39. The molecule has 6 heteroatoms. The summed E-state index contributed by atoms with van der Waals surface area (Å²) in [6.45, 7) is 3.83. The van der Waals surface area contributed by atoms with Gasteiger partial charge < -0.3 is 9.47 Å². The first-order chi connectivity index (χ1) is 9.67. The van der Waals surface area contributed by atoms with Crippen molar-refractivity contribution in [3.63, 3.8) is 0 Å². The Morgan fingerprint density at radius 1 is 1.00 bits per heavy atom. The number of hydrogen-bond acceptors (Lipinski definition) is 6. The van der Waals surface area contributed by atoms with E-state index in [0.29, 0.717) is 10.9 Å². The fourth-order valence-electron chi connectivity index (χ4n) is 1.72. The van der Waals surface area contributed by atoms with Gasteiger partial charge in [0.15, 0.2) is 5.69 Å². The molecule has 0 atom stereocenters. The molecule has 1 aromatic heterocycles. The SMILES string of the molecule is CCOC(=O)c1nc(C(=O)OCC)c2ccccc2n1. The summed E-state index contributed by atoms with van der Waals surface area (Å²) < 4.78 is 9.80. The van der Waals surface area contributed by atoms with E-state index in [2.05, 4.69) is 9.97 Å². The highest BCUT2D eigenvalue weighted by molar-refractivity contribution is 6.03. The topological polar surface area (TPSA) is 78.4 Å². The van der Waals surface area contributed by atoms with E-state index in [0.717, 1.165) is 0 Å². The van der Waals surface area contributed by atoms with Crippen LogP contribution in [0.4, 0.5) is 0 Å². The molecule has 1 heterocycles. The highest BCUT2D eigenvalue weighted by Gasteiger charge is 2.19. The number of rotatable bonds is 4. The van der Waals surface area contributed by atoms with E-state index < -0.39 is 11.9 Å². The fourth-order valence-corrected chi connectivity index (χ4v) is 1.72. The number of para-hydroxylation sites is 1. The van der Waals surface area contributed by atoms with Crippen LogP contribution in [0, 0.1) is 0 Å². The number of nitrogens with zero attached hydrogens (tertiary/aromatic N) is 2. The van der Waals surface area contributed by atoms with Crippen molar-refractivity contribution in [1.82, 2.24) is 9.97 Å². The summed E-state index contributed by atoms with van der Waals surface area (Å²) >= 11 is 0. The van der Waals surface area contributed by atoms with E-state index in [-0.39, 0.29) is 24.7 Å². The molecule has 2 aromatic rings. The lowest BCUT2D eigenvalue weighted by molar-refractivity contribution is 0.0507. The van der Waals surface area contributed by atoms with Crippen LogP contribution >= 0.6 is 0 Å². The smallest absolute Gasteiger partial charge is 0.376 e. The molecule has 0 bridgehead atoms. The lowest BCUT2D eigenvalue weighted by atomic mass is 10.2. The zero-order valence-corrected chi connectivity index (χ0v) is 11.3. The van der Waals surface area contributed by atoms with Gasteiger partial charge in [0.1, 0.15) is 0 Å². The quantitative estimate of drug-likeness (QED) is 0.793. The Balaban J connectivity index is 2.57. The summed E-state index contributed by atoms with van der Waals surface area (Å²) in [5.41, 5.74) is 0.564. The Hall–Kier alpha value is -2.50. The molecule has 0 saturated carbocycles. The lowest BCUT2D eigenvalue weighted by Crippen LogP contribution is -2.15. The van der Waals surface area contributed by atoms with Gasteiger partial charge in [0.2, 0.25) is 5.82 Å². The van der Waals surface area contributed by atoms with Gasteiger partial charge in [-0.1, -0.05) is 18.2 Å². The Morgan fingerprint density at radius 3 is 2.35 bits per heavy atom. The Kier molecular flexibility index (Phi) is 4.24. The minimum atomic E-state index is -0.663. The van der Waals surface area contributed by atoms with Crippen molar-refractivity contribution in [3.8, 4) is 0 Å². The zero-order valence-electron chi connectivity index (χ0n) is 11.3. The summed E-state index contributed by atoms with van der Waals surface area (Å²) in [6.07, 6.45) is 0. The first-order valence-electron chi connectivity index (χ1n) is 6.28. The molecule has 1 aromatic carbocycles. The monoisotopic (exact) mass is 274 g/mol. The number of benzene rings is 1. The van der Waals surface area contributed by atoms with Crippen LogP contribution in [0.3, 0.4) is 0 Å². The van der Waals surface area contributed by atoms with Gasteiger partial charge >= 0.3 is 11.9 Å². The maximum absolute atomic E-state index is 11.9. The van der Waals surface area contributed by atoms with Gasteiger partial charge in [-0.2, -0.15) is 0 Å². The van der Waals surface area contributed by atoms with Crippen LogP contribution in [0.25, 0.3) is 10.9 Å². The van der Waals surface area contributed by atoms with Crippen LogP contribution in [0.1, 0.15) is 35.0 Å². The molecule has 2 rings (SSSR count). The first kappa shape index (κ1) is 13.9. The van der Waals surface area contributed by atoms with Gasteiger partial charge in [0, 0.05) is 5.39 Å². The Bertz CT molecular complexity index is 655. The molecule has 20 heavy (non-hydrogen) atoms. The van der Waals surface area contributed by atoms with Crippen LogP contribution in [0.5, 0.6) is 0 Å². The van der Waals surface area contributed by atoms with Gasteiger partial charge in [-0.05, 0) is 19.9 Å². The zero-order chi connectivity index (χ0) is 14.5. The highest BCUT2D eigenvalue weighted by Crippen LogP contribution is 2.17. The number of hydrogen-bond donors (Lipinski definition) is 0. The molecule has 0 unspecified atom stereocenters. The third kappa shape index (κ3) is 2.74. The molecule has 0 radical (unpaired) electrons. The Morgan fingerprint density at radius 2 is 1.65 bits per heavy atom. The highest BCUT2D eigenvalue weighted by atomic mass is 16.5. The van der Waals surface area contributed by atoms with Crippen LogP contribution in [0.15, 0.2) is 24.3 Å². The van der Waals surface area contributed by atoms with E-state index in [1.54, 1.807) is 38.1 Å². The van der Waals surface area contributed by atoms with Crippen LogP contribution in [0.2, 0.25) is 0 Å². The van der Waals surface area contributed by atoms with E-state index in [9.17, 15) is 9.59 Å². The number of esters is 2. The fraction of sp³-hybridized carbons (Fsp3) is 0.286. The average molecular weight is 274 g/mol. The predicted octanol–water partition coefficient (Wildman–Crippen LogP) is 1.98. The van der Waals surface area contributed by atoms with E-state index >= 15 is 0 Å². The van der Waals surface area contributed by atoms with Crippen molar-refractivity contribution >= 4 is 22.8 Å². The van der Waals surface area contributed by atoms with Gasteiger partial charge in [-0.15, -0.1) is 0 Å². The van der Waals surface area contributed by atoms with E-state index in [1.807, 2.05) is 0 Å². The second-order valence-electron chi connectivity index (χ2n) is 3.85. The number of ether oxygens (including phenoxy) is 2. The van der Waals surface area contributed by atoms with E-state index in [4.69, 9.17) is 9.47 Å². The second-order valence-corrected chi connectivity index (χ2v) is 3.85. The normalized spacial score (nSPS) is 10.3. The van der Waals surface area contributed by atoms with Crippen LogP contribution < -0.4 is 0 Å². The molecule has 0 spiro atoms. The van der Waals surface area contributed by atoms with Gasteiger partial charge in [-0.25, -0.2) is 19.6 Å². The van der Waals surface area contributed by atoms with Crippen molar-refractivity contribution < 1.29 is 19.1 Å². The maximum Gasteiger partial charge on any atom is 0.376 e. The number of carbonyl (C=O) groups is 2. The third-order valence-electron chi connectivity index (χ3n) is 2.53. The molecule has 0 amide bonds. The van der Waals surface area contributed by atoms with Crippen LogP contribution in [-0.2, 0) is 9.47 Å². The molecule has 104 valence electrons. The van der Waals surface area contributed by atoms with Gasteiger partial charge in [0.25, 0.3) is 0 Å². The molecule has 0 aliphatic rings. The second kappa shape index (κ2) is 6.10. The maximum atomic E-state index is 11.9. The predicted molar refractivity (Wildman–Crippen MR) is 71.5 cm³/mol. The molecule has 6 nitrogen and oxygen atoms in total. The molecular weight excluding hydrogens is 260 g/mol. The first-order valence-corrected chi connectivity index (χ1v) is 6.28. The average Bonchev–Trinajstić information content (AvgIpc) is 2.46. The van der Waals surface area contributed by atoms with Crippen molar-refractivity contribution in [3.05, 3.63) is 35.8 Å². The molecule has 0 saturated heterocycles. The molecular formula is C14H14N2O4. The van der Waals surface area contributed by atoms with Gasteiger partial charge in [-0.3, -0.25) is 0 Å². The minimum Gasteiger partial charge on any atom is -0.461 e. The number of carbonyl (C=O) groups excluding carboxylic acids is 2. The molecule has 0 aliphatic carbocycles. The minimum absolute atomic E-state index is 0.0699. The lowest BCUT2D eigenvalue weighted by Gasteiger charge is -2.07. The molecule has 0 fully saturated rings. The van der Waals surface area contributed by atoms with Crippen molar-refractivity contribution in [2.24, 2.45) is 0 Å². The van der Waals surface area contributed by atoms with E-state index in [1.165, 1.54) is 0 Å². The summed E-state index contributed by atoms with van der Waals surface area (Å²) in [4.78, 5) is 31.7. The largest absolute Gasteiger partial charge is 0.461 e. The number of fused-ring (bicyclic) bond motifs is 1. The Labute approximate surface area is 115 Å². The summed E-state index contributed by atoms with van der Waals surface area (Å²) in [7, 11) is 0. The molecule has 0 N–H and O–H groups in total. The summed E-state index contributed by atoms with van der Waals surface area (Å²) in [5, 5.41) is 0.541. The van der Waals surface area contributed by atoms with Crippen molar-refractivity contribution in [2.45, 2.75) is 13.8 Å². The van der Waals surface area contributed by atoms with Crippen molar-refractivity contribution in [1.29, 1.82) is 0 Å². The third-order valence-corrected chi connectivity index (χ3v) is 2.53.